The van der Waals surface area contributed by atoms with Crippen molar-refractivity contribution in [3.05, 3.63) is 0 Å². The van der Waals surface area contributed by atoms with Crippen LogP contribution in [0.15, 0.2) is 0 Å². The summed E-state index contributed by atoms with van der Waals surface area (Å²) in [6.07, 6.45) is -24.2. The van der Waals surface area contributed by atoms with Gasteiger partial charge in [0, 0.05) is 0 Å². The predicted molar refractivity (Wildman–Crippen MR) is 108 cm³/mol. The van der Waals surface area contributed by atoms with Crippen LogP contribution in [0.3, 0.4) is 0 Å². The summed E-state index contributed by atoms with van der Waals surface area (Å²) in [6.45, 7) is -2.59. The third kappa shape index (κ3) is 16.8. The molecule has 0 saturated carbocycles. The molecule has 0 rings (SSSR count). The molecular weight excluding hydrogens is 597 g/mol. The Hall–Kier alpha value is -1.32. The molecular formula is C18H33O21Sc. The van der Waals surface area contributed by atoms with Crippen LogP contribution in [0.2, 0.25) is 0 Å². The number of hydrogen-bond acceptors (Lipinski definition) is 21. The van der Waals surface area contributed by atoms with Crippen LogP contribution in [0.1, 0.15) is 0 Å². The monoisotopic (exact) mass is 630 g/mol. The van der Waals surface area contributed by atoms with E-state index in [9.17, 15) is 29.7 Å². The first kappa shape index (κ1) is 45.7. The van der Waals surface area contributed by atoms with Gasteiger partial charge in [-0.25, -0.2) is 0 Å². The van der Waals surface area contributed by atoms with Crippen molar-refractivity contribution in [1.82, 2.24) is 0 Å². The summed E-state index contributed by atoms with van der Waals surface area (Å²) in [4.78, 5) is 29.9. The van der Waals surface area contributed by atoms with E-state index in [4.69, 9.17) is 76.6 Å². The molecule has 21 nitrogen and oxygen atoms in total. The van der Waals surface area contributed by atoms with Crippen molar-refractivity contribution in [1.29, 1.82) is 0 Å². The molecule has 0 heterocycles. The number of carbonyl (C=O) groups excluding carboxylic acids is 3. The minimum Gasteiger partial charge on any atom is -0.547 e. The number of rotatable bonds is 15. The smallest absolute Gasteiger partial charge is 0.547 e. The van der Waals surface area contributed by atoms with E-state index in [-0.39, 0.29) is 25.8 Å². The molecule has 0 unspecified atom stereocenters. The Kier molecular flexibility index (Phi) is 26.6. The van der Waals surface area contributed by atoms with Gasteiger partial charge in [0.2, 0.25) is 0 Å². The van der Waals surface area contributed by atoms with Crippen molar-refractivity contribution in [2.75, 3.05) is 19.8 Å². The van der Waals surface area contributed by atoms with Gasteiger partial charge in [0.25, 0.3) is 0 Å². The van der Waals surface area contributed by atoms with E-state index in [1.165, 1.54) is 0 Å². The maximum atomic E-state index is 9.98. The molecule has 0 aromatic carbocycles. The molecule has 12 atom stereocenters. The summed E-state index contributed by atoms with van der Waals surface area (Å²) < 4.78 is 0. The second kappa shape index (κ2) is 23.3. The van der Waals surface area contributed by atoms with E-state index >= 15 is 0 Å². The second-order valence-corrected chi connectivity index (χ2v) is 7.48. The van der Waals surface area contributed by atoms with E-state index in [0.29, 0.717) is 0 Å². The largest absolute Gasteiger partial charge is 3.00 e. The van der Waals surface area contributed by atoms with Crippen LogP contribution in [0, 0.1) is 0 Å². The molecule has 0 saturated heterocycles. The molecule has 0 spiro atoms. The van der Waals surface area contributed by atoms with Crippen LogP contribution >= 0.6 is 0 Å². The summed E-state index contributed by atoms with van der Waals surface area (Å²) >= 11 is 0. The molecule has 0 aromatic heterocycles. The van der Waals surface area contributed by atoms with Gasteiger partial charge in [0.1, 0.15) is 73.2 Å². The summed E-state index contributed by atoms with van der Waals surface area (Å²) in [5, 5.41) is 160. The number of aliphatic hydroxyl groups excluding tert-OH is 15. The molecule has 22 heteroatoms. The number of carbonyl (C=O) groups is 3. The quantitative estimate of drug-likeness (QED) is 0.0798. The topological polar surface area (TPSA) is 424 Å². The van der Waals surface area contributed by atoms with Crippen LogP contribution in [0.4, 0.5) is 0 Å². The zero-order valence-corrected chi connectivity index (χ0v) is 22.1. The minimum atomic E-state index is -2.31. The van der Waals surface area contributed by atoms with E-state index in [2.05, 4.69) is 0 Å². The predicted octanol–water partition coefficient (Wildman–Crippen LogP) is -14.5. The molecule has 0 amide bonds. The van der Waals surface area contributed by atoms with E-state index in [1.54, 1.807) is 0 Å². The number of carboxylic acids is 3. The summed E-state index contributed by atoms with van der Waals surface area (Å²) in [7, 11) is 0. The van der Waals surface area contributed by atoms with Gasteiger partial charge < -0.3 is 106 Å². The second-order valence-electron chi connectivity index (χ2n) is 7.48. The fourth-order valence-corrected chi connectivity index (χ4v) is 1.99. The van der Waals surface area contributed by atoms with E-state index in [1.807, 2.05) is 0 Å². The van der Waals surface area contributed by atoms with Crippen LogP contribution in [0.5, 0.6) is 0 Å². The van der Waals surface area contributed by atoms with Crippen molar-refractivity contribution >= 4 is 17.9 Å². The molecule has 40 heavy (non-hydrogen) atoms. The van der Waals surface area contributed by atoms with Crippen molar-refractivity contribution in [3.63, 3.8) is 0 Å². The zero-order valence-electron chi connectivity index (χ0n) is 20.3. The van der Waals surface area contributed by atoms with Crippen LogP contribution in [-0.4, -0.2) is 188 Å². The Morgan fingerprint density at radius 2 is 0.550 bits per heavy atom. The van der Waals surface area contributed by atoms with Gasteiger partial charge in [-0.1, -0.05) is 0 Å². The van der Waals surface area contributed by atoms with Gasteiger partial charge >= 0.3 is 25.8 Å². The number of aliphatic carboxylic acids is 3. The van der Waals surface area contributed by atoms with Gasteiger partial charge in [-0.2, -0.15) is 0 Å². The SMILES string of the molecule is O=C([O-])[C@H](O)[C@@H](O)[C@H](O)[C@H](O)CO.O=C([O-])[C@H](O)[C@@H](O)[C@H](O)[C@H](O)CO.O=C([O-])[C@H](O)[C@@H](O)[C@H](O)[C@H](O)CO.[Sc+3]. The van der Waals surface area contributed by atoms with Crippen LogP contribution in [0.25, 0.3) is 0 Å². The average Bonchev–Trinajstić information content (AvgIpc) is 2.92. The third-order valence-corrected chi connectivity index (χ3v) is 4.49. The molecule has 0 radical (unpaired) electrons. The molecule has 15 N–H and O–H groups in total. The van der Waals surface area contributed by atoms with E-state index in [0.717, 1.165) is 0 Å². The summed E-state index contributed by atoms with van der Waals surface area (Å²) in [5.41, 5.74) is 0. The minimum absolute atomic E-state index is 0. The molecule has 234 valence electrons. The number of hydrogen-bond donors (Lipinski definition) is 15. The molecule has 0 aliphatic heterocycles. The van der Waals surface area contributed by atoms with Gasteiger partial charge in [0.05, 0.1) is 37.7 Å². The van der Waals surface area contributed by atoms with Crippen LogP contribution in [-0.2, 0) is 40.2 Å². The Labute approximate surface area is 243 Å². The Morgan fingerprint density at radius 1 is 0.400 bits per heavy atom. The van der Waals surface area contributed by atoms with E-state index < -0.39 is 111 Å². The fourth-order valence-electron chi connectivity index (χ4n) is 1.99. The third-order valence-electron chi connectivity index (χ3n) is 4.49. The molecule has 0 aromatic rings. The maximum absolute atomic E-state index is 9.98. The molecule has 0 aliphatic carbocycles. The fraction of sp³-hybridized carbons (Fsp3) is 0.833. The Balaban J connectivity index is -0.000000240. The van der Waals surface area contributed by atoms with Crippen molar-refractivity contribution in [3.8, 4) is 0 Å². The first-order chi connectivity index (χ1) is 17.7. The van der Waals surface area contributed by atoms with Crippen LogP contribution < -0.4 is 15.3 Å². The normalized spacial score (nSPS) is 19.9. The van der Waals surface area contributed by atoms with Gasteiger partial charge in [-0.05, 0) is 0 Å². The molecule has 0 aliphatic rings. The zero-order chi connectivity index (χ0) is 31.8. The average molecular weight is 630 g/mol. The van der Waals surface area contributed by atoms with Gasteiger partial charge in [-0.3, -0.25) is 0 Å². The molecule has 0 bridgehead atoms. The van der Waals surface area contributed by atoms with Crippen molar-refractivity contribution in [2.45, 2.75) is 73.2 Å². The summed E-state index contributed by atoms with van der Waals surface area (Å²) in [5.74, 6) is -5.93. The summed E-state index contributed by atoms with van der Waals surface area (Å²) in [6, 6.07) is 0. The standard InChI is InChI=1S/3C6H12O7.Sc/c3*7-1-2(8)3(9)4(10)5(11)6(12)13;/h3*2-5,7-11H,1H2,(H,12,13);/q;;;+3/p-3/t3*2-,3-,4+,5-;/m111./s1. The van der Waals surface area contributed by atoms with Crippen molar-refractivity contribution < 1.29 is 132 Å². The molecule has 0 fully saturated rings. The Bertz CT molecular complexity index is 608. The maximum Gasteiger partial charge on any atom is 3.00 e. The van der Waals surface area contributed by atoms with Gasteiger partial charge in [0.15, 0.2) is 0 Å². The first-order valence-corrected chi connectivity index (χ1v) is 10.4. The van der Waals surface area contributed by atoms with Crippen molar-refractivity contribution in [2.24, 2.45) is 0 Å². The number of aliphatic hydroxyl groups is 15. The van der Waals surface area contributed by atoms with Gasteiger partial charge in [-0.15, -0.1) is 0 Å². The number of carboxylic acid groups (broad SMARTS) is 3. The Morgan fingerprint density at radius 3 is 0.650 bits per heavy atom. The first-order valence-electron chi connectivity index (χ1n) is 10.4.